The minimum atomic E-state index is -1.56. The molecule has 1 aromatic carbocycles. The highest BCUT2D eigenvalue weighted by atomic mass is 16.7. The molecule has 1 saturated carbocycles. The van der Waals surface area contributed by atoms with Gasteiger partial charge in [-0.25, -0.2) is 14.6 Å². The molecule has 11 nitrogen and oxygen atoms in total. The Kier molecular flexibility index (Phi) is 5.85. The molecule has 11 heteroatoms. The van der Waals surface area contributed by atoms with E-state index in [1.807, 2.05) is 18.2 Å². The van der Waals surface area contributed by atoms with Gasteiger partial charge < -0.3 is 34.7 Å². The minimum absolute atomic E-state index is 0.0266. The molecule has 32 heavy (non-hydrogen) atoms. The normalized spacial score (nSPS) is 18.9. The van der Waals surface area contributed by atoms with E-state index in [4.69, 9.17) is 14.2 Å². The number of alkyl carbamates (subject to hydrolysis) is 1. The van der Waals surface area contributed by atoms with E-state index in [0.717, 1.165) is 5.56 Å². The minimum Gasteiger partial charge on any atom is -0.501 e. The largest absolute Gasteiger partial charge is 0.501 e. The van der Waals surface area contributed by atoms with Crippen molar-refractivity contribution in [3.8, 4) is 5.75 Å². The van der Waals surface area contributed by atoms with Gasteiger partial charge >= 0.3 is 12.1 Å². The SMILES string of the molecule is O=C(NC1(c2nc(C(=O)O)c(O)c(=O)[nH]2)CCC2(CC1)OCCO2)OCc1ccccc1. The second-order valence-electron chi connectivity index (χ2n) is 7.79. The van der Waals surface area contributed by atoms with Gasteiger partial charge in [-0.2, -0.15) is 0 Å². The molecule has 0 bridgehead atoms. The highest BCUT2D eigenvalue weighted by Gasteiger charge is 2.49. The van der Waals surface area contributed by atoms with E-state index in [0.29, 0.717) is 26.1 Å². The number of aromatic carboxylic acids is 1. The van der Waals surface area contributed by atoms with Gasteiger partial charge in [0.1, 0.15) is 18.0 Å². The molecule has 0 unspecified atom stereocenters. The van der Waals surface area contributed by atoms with E-state index >= 15 is 0 Å². The van der Waals surface area contributed by atoms with Crippen LogP contribution in [0.15, 0.2) is 35.1 Å². The molecule has 1 aromatic heterocycles. The first-order valence-corrected chi connectivity index (χ1v) is 10.2. The molecule has 2 fully saturated rings. The first-order chi connectivity index (χ1) is 15.3. The van der Waals surface area contributed by atoms with Crippen LogP contribution in [0.1, 0.15) is 47.6 Å². The van der Waals surface area contributed by atoms with Gasteiger partial charge in [0, 0.05) is 12.8 Å². The summed E-state index contributed by atoms with van der Waals surface area (Å²) in [6, 6.07) is 9.09. The van der Waals surface area contributed by atoms with E-state index in [9.17, 15) is 24.6 Å². The quantitative estimate of drug-likeness (QED) is 0.536. The highest BCUT2D eigenvalue weighted by molar-refractivity contribution is 5.88. The highest BCUT2D eigenvalue weighted by Crippen LogP contribution is 2.44. The van der Waals surface area contributed by atoms with E-state index in [-0.39, 0.29) is 25.3 Å². The molecule has 0 atom stereocenters. The van der Waals surface area contributed by atoms with Crippen molar-refractivity contribution in [2.45, 2.75) is 43.6 Å². The van der Waals surface area contributed by atoms with Crippen LogP contribution in [0.5, 0.6) is 5.75 Å². The number of benzene rings is 1. The van der Waals surface area contributed by atoms with Crippen LogP contribution in [-0.2, 0) is 26.4 Å². The maximum atomic E-state index is 12.7. The lowest BCUT2D eigenvalue weighted by Gasteiger charge is -2.43. The molecule has 1 spiro atoms. The maximum absolute atomic E-state index is 12.7. The summed E-state index contributed by atoms with van der Waals surface area (Å²) in [5, 5.41) is 21.9. The van der Waals surface area contributed by atoms with Gasteiger partial charge in [0.25, 0.3) is 5.56 Å². The van der Waals surface area contributed by atoms with Crippen LogP contribution in [0.3, 0.4) is 0 Å². The fraction of sp³-hybridized carbons (Fsp3) is 0.429. The molecule has 2 heterocycles. The monoisotopic (exact) mass is 445 g/mol. The molecular formula is C21H23N3O8. The van der Waals surface area contributed by atoms with Crippen molar-refractivity contribution in [3.63, 3.8) is 0 Å². The Morgan fingerprint density at radius 2 is 1.78 bits per heavy atom. The summed E-state index contributed by atoms with van der Waals surface area (Å²) in [5.41, 5.74) is -2.27. The van der Waals surface area contributed by atoms with E-state index in [1.54, 1.807) is 12.1 Å². The maximum Gasteiger partial charge on any atom is 0.408 e. The predicted octanol–water partition coefficient (Wildman–Crippen LogP) is 1.61. The Balaban J connectivity index is 1.61. The molecule has 1 aliphatic heterocycles. The van der Waals surface area contributed by atoms with Crippen molar-refractivity contribution >= 4 is 12.1 Å². The number of carbonyl (C=O) groups is 2. The third-order valence-corrected chi connectivity index (χ3v) is 5.78. The first kappa shape index (κ1) is 21.8. The van der Waals surface area contributed by atoms with Gasteiger partial charge in [-0.15, -0.1) is 0 Å². The number of carboxylic acid groups (broad SMARTS) is 1. The number of rotatable bonds is 5. The molecule has 1 aliphatic carbocycles. The Hall–Kier alpha value is -3.44. The molecule has 0 radical (unpaired) electrons. The smallest absolute Gasteiger partial charge is 0.408 e. The van der Waals surface area contributed by atoms with Crippen LogP contribution >= 0.6 is 0 Å². The van der Waals surface area contributed by atoms with Gasteiger partial charge in [0.2, 0.25) is 5.75 Å². The number of hydrogen-bond acceptors (Lipinski definition) is 8. The van der Waals surface area contributed by atoms with Crippen molar-refractivity contribution in [1.82, 2.24) is 15.3 Å². The lowest BCUT2D eigenvalue weighted by Crippen LogP contribution is -2.53. The number of aromatic hydroxyl groups is 1. The van der Waals surface area contributed by atoms with Crippen LogP contribution in [0.2, 0.25) is 0 Å². The fourth-order valence-electron chi connectivity index (χ4n) is 4.06. The number of nitrogens with zero attached hydrogens (tertiary/aromatic N) is 1. The average molecular weight is 445 g/mol. The van der Waals surface area contributed by atoms with Crippen LogP contribution in [0.4, 0.5) is 4.79 Å². The molecule has 1 saturated heterocycles. The van der Waals surface area contributed by atoms with Crippen LogP contribution in [0, 0.1) is 0 Å². The van der Waals surface area contributed by atoms with Crippen molar-refractivity contribution in [2.24, 2.45) is 0 Å². The fourth-order valence-corrected chi connectivity index (χ4v) is 4.06. The van der Waals surface area contributed by atoms with Crippen molar-refractivity contribution in [3.05, 3.63) is 57.8 Å². The number of aromatic amines is 1. The number of ether oxygens (including phenoxy) is 3. The van der Waals surface area contributed by atoms with Gasteiger partial charge in [0.15, 0.2) is 11.5 Å². The third kappa shape index (κ3) is 4.30. The molecular weight excluding hydrogens is 422 g/mol. The Morgan fingerprint density at radius 3 is 2.41 bits per heavy atom. The zero-order valence-electron chi connectivity index (χ0n) is 17.1. The van der Waals surface area contributed by atoms with Gasteiger partial charge in [-0.05, 0) is 18.4 Å². The van der Waals surface area contributed by atoms with Crippen molar-refractivity contribution in [2.75, 3.05) is 13.2 Å². The number of H-pyrrole nitrogens is 1. The van der Waals surface area contributed by atoms with Crippen molar-refractivity contribution < 1.29 is 34.0 Å². The average Bonchev–Trinajstić information content (AvgIpc) is 3.25. The molecule has 2 aliphatic rings. The zero-order chi connectivity index (χ0) is 22.8. The summed E-state index contributed by atoms with van der Waals surface area (Å²) in [7, 11) is 0. The Labute approximate surface area is 182 Å². The third-order valence-electron chi connectivity index (χ3n) is 5.78. The Morgan fingerprint density at radius 1 is 1.12 bits per heavy atom. The van der Waals surface area contributed by atoms with Crippen LogP contribution in [-0.4, -0.2) is 51.2 Å². The first-order valence-electron chi connectivity index (χ1n) is 10.2. The van der Waals surface area contributed by atoms with E-state index < -0.39 is 40.4 Å². The number of hydrogen-bond donors (Lipinski definition) is 4. The second-order valence-corrected chi connectivity index (χ2v) is 7.79. The molecule has 4 N–H and O–H groups in total. The topological polar surface area (TPSA) is 160 Å². The molecule has 170 valence electrons. The van der Waals surface area contributed by atoms with E-state index in [2.05, 4.69) is 15.3 Å². The molecule has 2 aromatic rings. The molecule has 4 rings (SSSR count). The van der Waals surface area contributed by atoms with Crippen molar-refractivity contribution in [1.29, 1.82) is 0 Å². The van der Waals surface area contributed by atoms with E-state index in [1.165, 1.54) is 0 Å². The van der Waals surface area contributed by atoms with Crippen LogP contribution in [0.25, 0.3) is 0 Å². The van der Waals surface area contributed by atoms with Gasteiger partial charge in [-0.3, -0.25) is 4.79 Å². The summed E-state index contributed by atoms with van der Waals surface area (Å²) < 4.78 is 16.8. The second kappa shape index (κ2) is 8.60. The number of aromatic nitrogens is 2. The summed E-state index contributed by atoms with van der Waals surface area (Å²) in [5.74, 6) is -3.43. The predicted molar refractivity (Wildman–Crippen MR) is 108 cm³/mol. The zero-order valence-corrected chi connectivity index (χ0v) is 17.1. The number of amides is 1. The standard InChI is InChI=1S/C21H23N3O8/c25-15-14(17(27)28)22-18(23-16(15)26)20(6-8-21(9-7-20)31-10-11-32-21)24-19(29)30-12-13-4-2-1-3-5-13/h1-5,25H,6-12H2,(H,24,29)(H,27,28)(H,22,23,26). The van der Waals surface area contributed by atoms with Gasteiger partial charge in [-0.1, -0.05) is 30.3 Å². The lowest BCUT2D eigenvalue weighted by molar-refractivity contribution is -0.187. The Bertz CT molecular complexity index is 1050. The summed E-state index contributed by atoms with van der Waals surface area (Å²) in [6.45, 7) is 0.937. The molecule has 1 amide bonds. The lowest BCUT2D eigenvalue weighted by atomic mass is 9.78. The number of carbonyl (C=O) groups excluding carboxylic acids is 1. The van der Waals surface area contributed by atoms with Crippen LogP contribution < -0.4 is 10.9 Å². The summed E-state index contributed by atoms with van der Waals surface area (Å²) in [4.78, 5) is 42.7. The number of nitrogens with one attached hydrogen (secondary N) is 2. The van der Waals surface area contributed by atoms with Gasteiger partial charge in [0.05, 0.1) is 13.2 Å². The summed E-state index contributed by atoms with van der Waals surface area (Å²) >= 11 is 0. The number of carboxylic acids is 1. The summed E-state index contributed by atoms with van der Waals surface area (Å²) in [6.07, 6.45) is 0.462.